The minimum absolute atomic E-state index is 0.00892. The van der Waals surface area contributed by atoms with E-state index in [1.54, 1.807) is 25.3 Å². The maximum absolute atomic E-state index is 13.9. The van der Waals surface area contributed by atoms with Gasteiger partial charge in [-0.15, -0.1) is 0 Å². The highest BCUT2D eigenvalue weighted by atomic mass is 19.1. The molecule has 0 atom stereocenters. The number of amides is 1. The molecular weight excluding hydrogens is 355 g/mol. The zero-order valence-electron chi connectivity index (χ0n) is 14.7. The predicted molar refractivity (Wildman–Crippen MR) is 95.8 cm³/mol. The summed E-state index contributed by atoms with van der Waals surface area (Å²) in [6, 6.07) is 9.16. The number of aromatic nitrogens is 2. The van der Waals surface area contributed by atoms with Crippen LogP contribution in [-0.2, 0) is 17.8 Å². The van der Waals surface area contributed by atoms with Crippen molar-refractivity contribution in [3.05, 3.63) is 82.8 Å². The van der Waals surface area contributed by atoms with Crippen LogP contribution in [0.4, 0.5) is 19.0 Å². The van der Waals surface area contributed by atoms with Crippen LogP contribution in [0.1, 0.15) is 23.1 Å². The molecule has 1 N–H and O–H groups in total. The molecule has 7 heteroatoms. The van der Waals surface area contributed by atoms with Crippen LogP contribution in [0.5, 0.6) is 0 Å². The summed E-state index contributed by atoms with van der Waals surface area (Å²) in [5.74, 6) is -1.22. The topological polar surface area (TPSA) is 46.9 Å². The summed E-state index contributed by atoms with van der Waals surface area (Å²) < 4.78 is 41.6. The van der Waals surface area contributed by atoms with Crippen molar-refractivity contribution in [1.29, 1.82) is 0 Å². The molecule has 2 aromatic carbocycles. The van der Waals surface area contributed by atoms with Gasteiger partial charge < -0.3 is 5.32 Å². The van der Waals surface area contributed by atoms with E-state index in [9.17, 15) is 18.0 Å². The van der Waals surface area contributed by atoms with Gasteiger partial charge in [-0.1, -0.05) is 12.1 Å². The number of halogens is 3. The number of nitrogens with one attached hydrogen (secondary N) is 1. The van der Waals surface area contributed by atoms with Gasteiger partial charge in [0.1, 0.15) is 23.3 Å². The van der Waals surface area contributed by atoms with Gasteiger partial charge in [-0.2, -0.15) is 5.10 Å². The SMILES string of the molecule is Cc1cnn(Cc2cc(F)ccc2F)c1NC(=O)CCc1ccc(F)cc1. The van der Waals surface area contributed by atoms with Crippen LogP contribution in [-0.4, -0.2) is 15.7 Å². The summed E-state index contributed by atoms with van der Waals surface area (Å²) in [6.07, 6.45) is 2.20. The van der Waals surface area contributed by atoms with Crippen molar-refractivity contribution in [3.63, 3.8) is 0 Å². The number of carbonyl (C=O) groups excluding carboxylic acids is 1. The Balaban J connectivity index is 1.68. The van der Waals surface area contributed by atoms with E-state index in [2.05, 4.69) is 10.4 Å². The van der Waals surface area contributed by atoms with Crippen LogP contribution in [0.3, 0.4) is 0 Å². The molecule has 0 spiro atoms. The summed E-state index contributed by atoms with van der Waals surface area (Å²) in [4.78, 5) is 12.3. The number of nitrogens with zero attached hydrogens (tertiary/aromatic N) is 2. The van der Waals surface area contributed by atoms with Gasteiger partial charge in [-0.05, 0) is 49.2 Å². The van der Waals surface area contributed by atoms with Gasteiger partial charge >= 0.3 is 0 Å². The second kappa shape index (κ2) is 8.07. The lowest BCUT2D eigenvalue weighted by atomic mass is 10.1. The highest BCUT2D eigenvalue weighted by molar-refractivity contribution is 5.90. The average molecular weight is 373 g/mol. The van der Waals surface area contributed by atoms with Gasteiger partial charge in [-0.25, -0.2) is 17.9 Å². The van der Waals surface area contributed by atoms with E-state index in [-0.39, 0.29) is 30.3 Å². The first-order chi connectivity index (χ1) is 12.9. The first kappa shape index (κ1) is 18.7. The van der Waals surface area contributed by atoms with Gasteiger partial charge in [-0.3, -0.25) is 4.79 Å². The van der Waals surface area contributed by atoms with Gasteiger partial charge in [0.05, 0.1) is 12.7 Å². The minimum atomic E-state index is -0.543. The van der Waals surface area contributed by atoms with E-state index in [1.807, 2.05) is 0 Å². The zero-order valence-corrected chi connectivity index (χ0v) is 14.7. The van der Waals surface area contributed by atoms with E-state index >= 15 is 0 Å². The van der Waals surface area contributed by atoms with Crippen molar-refractivity contribution in [2.45, 2.75) is 26.3 Å². The molecule has 0 aliphatic rings. The Bertz CT molecular complexity index is 952. The minimum Gasteiger partial charge on any atom is -0.311 e. The Kier molecular flexibility index (Phi) is 5.59. The summed E-state index contributed by atoms with van der Waals surface area (Å²) in [5.41, 5.74) is 1.69. The third kappa shape index (κ3) is 4.75. The fourth-order valence-electron chi connectivity index (χ4n) is 2.69. The Morgan fingerprint density at radius 2 is 1.78 bits per heavy atom. The normalized spacial score (nSPS) is 10.8. The summed E-state index contributed by atoms with van der Waals surface area (Å²) in [5, 5.41) is 6.90. The van der Waals surface area contributed by atoms with E-state index < -0.39 is 11.6 Å². The Hall–Kier alpha value is -3.09. The molecule has 1 heterocycles. The van der Waals surface area contributed by atoms with Crippen molar-refractivity contribution in [3.8, 4) is 0 Å². The molecule has 1 aromatic heterocycles. The van der Waals surface area contributed by atoms with Crippen molar-refractivity contribution < 1.29 is 18.0 Å². The monoisotopic (exact) mass is 373 g/mol. The van der Waals surface area contributed by atoms with E-state index in [1.165, 1.54) is 16.8 Å². The zero-order chi connectivity index (χ0) is 19.4. The number of hydrogen-bond donors (Lipinski definition) is 1. The second-order valence-electron chi connectivity index (χ2n) is 6.24. The molecule has 0 saturated heterocycles. The fraction of sp³-hybridized carbons (Fsp3) is 0.200. The molecule has 140 valence electrons. The molecule has 3 aromatic rings. The smallest absolute Gasteiger partial charge is 0.225 e. The lowest BCUT2D eigenvalue weighted by Gasteiger charge is -2.11. The average Bonchev–Trinajstić information content (AvgIpc) is 2.97. The lowest BCUT2D eigenvalue weighted by Crippen LogP contribution is -2.17. The number of aryl methyl sites for hydroxylation is 2. The number of benzene rings is 2. The van der Waals surface area contributed by atoms with Gasteiger partial charge in [0.2, 0.25) is 5.91 Å². The second-order valence-corrected chi connectivity index (χ2v) is 6.24. The van der Waals surface area contributed by atoms with Gasteiger partial charge in [0.25, 0.3) is 0 Å². The molecule has 0 saturated carbocycles. The molecule has 3 rings (SSSR count). The standard InChI is InChI=1S/C20H18F3N3O/c1-13-11-24-26(12-15-10-17(22)7-8-18(15)23)20(13)25-19(27)9-4-14-2-5-16(21)6-3-14/h2-3,5-8,10-11H,4,9,12H2,1H3,(H,25,27). The molecule has 1 amide bonds. The predicted octanol–water partition coefficient (Wildman–Crippen LogP) is 4.23. The Morgan fingerprint density at radius 1 is 1.07 bits per heavy atom. The number of anilines is 1. The molecule has 27 heavy (non-hydrogen) atoms. The van der Waals surface area contributed by atoms with Crippen molar-refractivity contribution >= 4 is 11.7 Å². The van der Waals surface area contributed by atoms with Crippen LogP contribution in [0.25, 0.3) is 0 Å². The largest absolute Gasteiger partial charge is 0.311 e. The van der Waals surface area contributed by atoms with Crippen LogP contribution in [0.2, 0.25) is 0 Å². The first-order valence-corrected chi connectivity index (χ1v) is 8.43. The Morgan fingerprint density at radius 3 is 2.52 bits per heavy atom. The highest BCUT2D eigenvalue weighted by Crippen LogP contribution is 2.18. The lowest BCUT2D eigenvalue weighted by molar-refractivity contribution is -0.116. The molecule has 4 nitrogen and oxygen atoms in total. The van der Waals surface area contributed by atoms with Crippen LogP contribution >= 0.6 is 0 Å². The molecule has 0 bridgehead atoms. The molecule has 0 aliphatic heterocycles. The van der Waals surface area contributed by atoms with Crippen molar-refractivity contribution in [1.82, 2.24) is 9.78 Å². The maximum atomic E-state index is 13.9. The van der Waals surface area contributed by atoms with Crippen LogP contribution in [0, 0.1) is 24.4 Å². The van der Waals surface area contributed by atoms with Gasteiger partial charge in [0, 0.05) is 17.5 Å². The van der Waals surface area contributed by atoms with Crippen molar-refractivity contribution in [2.75, 3.05) is 5.32 Å². The molecule has 0 fully saturated rings. The highest BCUT2D eigenvalue weighted by Gasteiger charge is 2.14. The van der Waals surface area contributed by atoms with Crippen LogP contribution < -0.4 is 5.32 Å². The van der Waals surface area contributed by atoms with E-state index in [0.717, 1.165) is 23.8 Å². The third-order valence-electron chi connectivity index (χ3n) is 4.16. The molecular formula is C20H18F3N3O. The Labute approximate surface area is 154 Å². The van der Waals surface area contributed by atoms with Gasteiger partial charge in [0.15, 0.2) is 0 Å². The molecule has 0 unspecified atom stereocenters. The van der Waals surface area contributed by atoms with Crippen molar-refractivity contribution in [2.24, 2.45) is 0 Å². The number of hydrogen-bond acceptors (Lipinski definition) is 2. The number of rotatable bonds is 6. The van der Waals surface area contributed by atoms with E-state index in [4.69, 9.17) is 0 Å². The quantitative estimate of drug-likeness (QED) is 0.703. The summed E-state index contributed by atoms with van der Waals surface area (Å²) in [6.45, 7) is 1.76. The first-order valence-electron chi connectivity index (χ1n) is 8.43. The van der Waals surface area contributed by atoms with E-state index in [0.29, 0.717) is 17.8 Å². The maximum Gasteiger partial charge on any atom is 0.225 e. The number of carbonyl (C=O) groups is 1. The molecule has 0 radical (unpaired) electrons. The summed E-state index contributed by atoms with van der Waals surface area (Å²) in [7, 11) is 0. The summed E-state index contributed by atoms with van der Waals surface area (Å²) >= 11 is 0. The third-order valence-corrected chi connectivity index (χ3v) is 4.16. The van der Waals surface area contributed by atoms with Crippen LogP contribution in [0.15, 0.2) is 48.7 Å². The fourth-order valence-corrected chi connectivity index (χ4v) is 2.69. The molecule has 0 aliphatic carbocycles.